The van der Waals surface area contributed by atoms with E-state index in [9.17, 15) is 4.79 Å². The molecule has 0 aliphatic heterocycles. The maximum absolute atomic E-state index is 12.6. The Morgan fingerprint density at radius 1 is 1.08 bits per heavy atom. The van der Waals surface area contributed by atoms with Crippen molar-refractivity contribution in [3.05, 3.63) is 65.2 Å². The van der Waals surface area contributed by atoms with Gasteiger partial charge in [-0.2, -0.15) is 0 Å². The molecule has 3 heteroatoms. The zero-order chi connectivity index (χ0) is 17.6. The van der Waals surface area contributed by atoms with Crippen molar-refractivity contribution in [3.63, 3.8) is 0 Å². The second kappa shape index (κ2) is 8.19. The number of hydrogen-bond acceptors (Lipinski definition) is 2. The SMILES string of the molecule is CC[C@@H](Oc1ccccc1)C(=O)N[C@@H](C)c1ccc2c(c1)CCCC2. The number of rotatable bonds is 6. The van der Waals surface area contributed by atoms with Gasteiger partial charge in [-0.25, -0.2) is 0 Å². The molecule has 2 atom stereocenters. The molecule has 0 bridgehead atoms. The molecule has 0 fully saturated rings. The van der Waals surface area contributed by atoms with Gasteiger partial charge in [0, 0.05) is 0 Å². The molecule has 0 radical (unpaired) electrons. The highest BCUT2D eigenvalue weighted by molar-refractivity contribution is 5.81. The quantitative estimate of drug-likeness (QED) is 0.836. The summed E-state index contributed by atoms with van der Waals surface area (Å²) in [5.74, 6) is 0.669. The molecule has 1 N–H and O–H groups in total. The number of aryl methyl sites for hydroxylation is 2. The fraction of sp³-hybridized carbons (Fsp3) is 0.409. The van der Waals surface area contributed by atoms with E-state index in [2.05, 4.69) is 23.5 Å². The number of fused-ring (bicyclic) bond motifs is 1. The summed E-state index contributed by atoms with van der Waals surface area (Å²) in [7, 11) is 0. The molecule has 2 aromatic rings. The molecule has 0 saturated carbocycles. The summed E-state index contributed by atoms with van der Waals surface area (Å²) in [6.45, 7) is 4.01. The van der Waals surface area contributed by atoms with Crippen LogP contribution in [0.5, 0.6) is 5.75 Å². The topological polar surface area (TPSA) is 38.3 Å². The zero-order valence-corrected chi connectivity index (χ0v) is 15.1. The highest BCUT2D eigenvalue weighted by Gasteiger charge is 2.21. The standard InChI is InChI=1S/C22H27NO2/c1-3-21(25-20-11-5-4-6-12-20)22(24)23-16(2)18-14-13-17-9-7-8-10-19(17)15-18/h4-6,11-16,21H,3,7-10H2,1-2H3,(H,23,24)/t16-,21+/m0/s1. The third-order valence-corrected chi connectivity index (χ3v) is 4.92. The molecule has 25 heavy (non-hydrogen) atoms. The maximum Gasteiger partial charge on any atom is 0.261 e. The van der Waals surface area contributed by atoms with Gasteiger partial charge in [0.15, 0.2) is 6.10 Å². The van der Waals surface area contributed by atoms with Crippen molar-refractivity contribution in [1.29, 1.82) is 0 Å². The van der Waals surface area contributed by atoms with E-state index in [-0.39, 0.29) is 11.9 Å². The molecule has 132 valence electrons. The third kappa shape index (κ3) is 4.41. The first-order valence-electron chi connectivity index (χ1n) is 9.31. The number of carbonyl (C=O) groups is 1. The van der Waals surface area contributed by atoms with Crippen molar-refractivity contribution < 1.29 is 9.53 Å². The minimum atomic E-state index is -0.470. The first-order chi connectivity index (χ1) is 12.2. The third-order valence-electron chi connectivity index (χ3n) is 4.92. The van der Waals surface area contributed by atoms with E-state index in [1.807, 2.05) is 44.2 Å². The van der Waals surface area contributed by atoms with E-state index < -0.39 is 6.10 Å². The summed E-state index contributed by atoms with van der Waals surface area (Å²) >= 11 is 0. The minimum absolute atomic E-state index is 0.0202. The van der Waals surface area contributed by atoms with Gasteiger partial charge in [-0.1, -0.05) is 43.3 Å². The maximum atomic E-state index is 12.6. The van der Waals surface area contributed by atoms with Crippen molar-refractivity contribution >= 4 is 5.91 Å². The summed E-state index contributed by atoms with van der Waals surface area (Å²) in [6.07, 6.45) is 5.05. The molecule has 1 aliphatic rings. The molecule has 3 nitrogen and oxygen atoms in total. The molecule has 0 aromatic heterocycles. The van der Waals surface area contributed by atoms with Crippen LogP contribution in [0.25, 0.3) is 0 Å². The number of carbonyl (C=O) groups excluding carboxylic acids is 1. The molecule has 2 aromatic carbocycles. The highest BCUT2D eigenvalue weighted by atomic mass is 16.5. The van der Waals surface area contributed by atoms with Gasteiger partial charge in [0.1, 0.15) is 5.75 Å². The number of hydrogen-bond donors (Lipinski definition) is 1. The van der Waals surface area contributed by atoms with Crippen LogP contribution in [-0.2, 0) is 17.6 Å². The summed E-state index contributed by atoms with van der Waals surface area (Å²) in [5, 5.41) is 3.11. The lowest BCUT2D eigenvalue weighted by molar-refractivity contribution is -0.128. The van der Waals surface area contributed by atoms with E-state index >= 15 is 0 Å². The van der Waals surface area contributed by atoms with Crippen LogP contribution in [0, 0.1) is 0 Å². The molecule has 0 heterocycles. The average Bonchev–Trinajstić information content (AvgIpc) is 2.66. The van der Waals surface area contributed by atoms with E-state index in [1.54, 1.807) is 0 Å². The van der Waals surface area contributed by atoms with Gasteiger partial charge in [-0.05, 0) is 67.9 Å². The van der Waals surface area contributed by atoms with Crippen LogP contribution in [0.1, 0.15) is 55.8 Å². The van der Waals surface area contributed by atoms with Gasteiger partial charge in [0.05, 0.1) is 6.04 Å². The van der Waals surface area contributed by atoms with Gasteiger partial charge < -0.3 is 10.1 Å². The average molecular weight is 337 g/mol. The van der Waals surface area contributed by atoms with Crippen LogP contribution in [0.4, 0.5) is 0 Å². The summed E-state index contributed by atoms with van der Waals surface area (Å²) < 4.78 is 5.84. The zero-order valence-electron chi connectivity index (χ0n) is 15.1. The van der Waals surface area contributed by atoms with Crippen molar-refractivity contribution in [2.45, 2.75) is 58.1 Å². The monoisotopic (exact) mass is 337 g/mol. The van der Waals surface area contributed by atoms with E-state index in [1.165, 1.54) is 36.0 Å². The Kier molecular flexibility index (Phi) is 5.75. The molecule has 1 aliphatic carbocycles. The lowest BCUT2D eigenvalue weighted by atomic mass is 9.89. The number of nitrogens with one attached hydrogen (secondary N) is 1. The first-order valence-corrected chi connectivity index (χ1v) is 9.31. The lowest BCUT2D eigenvalue weighted by Gasteiger charge is -2.22. The van der Waals surface area contributed by atoms with Crippen LogP contribution in [0.2, 0.25) is 0 Å². The largest absolute Gasteiger partial charge is 0.481 e. The summed E-state index contributed by atoms with van der Waals surface area (Å²) in [6, 6.07) is 16.1. The van der Waals surface area contributed by atoms with Gasteiger partial charge in [-0.15, -0.1) is 0 Å². The van der Waals surface area contributed by atoms with Crippen LogP contribution in [-0.4, -0.2) is 12.0 Å². The van der Waals surface area contributed by atoms with Crippen LogP contribution < -0.4 is 10.1 Å². The molecule has 1 amide bonds. The smallest absolute Gasteiger partial charge is 0.261 e. The summed E-state index contributed by atoms with van der Waals surface area (Å²) in [4.78, 5) is 12.6. The van der Waals surface area contributed by atoms with E-state index in [4.69, 9.17) is 4.74 Å². The Balaban J connectivity index is 1.64. The highest BCUT2D eigenvalue weighted by Crippen LogP contribution is 2.25. The molecular weight excluding hydrogens is 310 g/mol. The predicted octanol–water partition coefficient (Wildman–Crippen LogP) is 4.60. The number of benzene rings is 2. The summed E-state index contributed by atoms with van der Waals surface area (Å²) in [5.41, 5.74) is 4.08. The Labute approximate surface area is 150 Å². The van der Waals surface area contributed by atoms with Gasteiger partial charge in [-0.3, -0.25) is 4.79 Å². The van der Waals surface area contributed by atoms with Crippen LogP contribution in [0.3, 0.4) is 0 Å². The molecule has 3 rings (SSSR count). The predicted molar refractivity (Wildman–Crippen MR) is 101 cm³/mol. The van der Waals surface area contributed by atoms with Crippen molar-refractivity contribution in [1.82, 2.24) is 5.32 Å². The van der Waals surface area contributed by atoms with E-state index in [0.29, 0.717) is 6.42 Å². The second-order valence-corrected chi connectivity index (χ2v) is 6.79. The fourth-order valence-electron chi connectivity index (χ4n) is 3.40. The lowest BCUT2D eigenvalue weighted by Crippen LogP contribution is -2.39. The Hall–Kier alpha value is -2.29. The van der Waals surface area contributed by atoms with Crippen molar-refractivity contribution in [3.8, 4) is 5.75 Å². The normalized spacial score (nSPS) is 15.8. The molecule has 0 spiro atoms. The first kappa shape index (κ1) is 17.5. The fourth-order valence-corrected chi connectivity index (χ4v) is 3.40. The van der Waals surface area contributed by atoms with Crippen molar-refractivity contribution in [2.24, 2.45) is 0 Å². The van der Waals surface area contributed by atoms with Gasteiger partial charge in [0.2, 0.25) is 0 Å². The van der Waals surface area contributed by atoms with Gasteiger partial charge in [0.25, 0.3) is 5.91 Å². The molecule has 0 unspecified atom stereocenters. The number of para-hydroxylation sites is 1. The molecule has 0 saturated heterocycles. The van der Waals surface area contributed by atoms with E-state index in [0.717, 1.165) is 12.2 Å². The van der Waals surface area contributed by atoms with Crippen molar-refractivity contribution in [2.75, 3.05) is 0 Å². The van der Waals surface area contributed by atoms with Gasteiger partial charge >= 0.3 is 0 Å². The Morgan fingerprint density at radius 3 is 2.52 bits per heavy atom. The van der Waals surface area contributed by atoms with Crippen LogP contribution >= 0.6 is 0 Å². The second-order valence-electron chi connectivity index (χ2n) is 6.79. The Bertz CT molecular complexity index is 711. The van der Waals surface area contributed by atoms with Crippen LogP contribution in [0.15, 0.2) is 48.5 Å². The Morgan fingerprint density at radius 2 is 1.80 bits per heavy atom. The number of ether oxygens (including phenoxy) is 1. The molecular formula is C22H27NO2. The minimum Gasteiger partial charge on any atom is -0.481 e. The number of amides is 1.